The highest BCUT2D eigenvalue weighted by molar-refractivity contribution is 7.89. The summed E-state index contributed by atoms with van der Waals surface area (Å²) in [7, 11) is -3.94. The van der Waals surface area contributed by atoms with Gasteiger partial charge in [0, 0.05) is 24.7 Å². The quantitative estimate of drug-likeness (QED) is 0.695. The van der Waals surface area contributed by atoms with Crippen LogP contribution in [0.3, 0.4) is 0 Å². The van der Waals surface area contributed by atoms with Crippen LogP contribution in [0.5, 0.6) is 0 Å². The van der Waals surface area contributed by atoms with E-state index in [-0.39, 0.29) is 15.5 Å². The van der Waals surface area contributed by atoms with E-state index in [1.165, 1.54) is 16.4 Å². The third-order valence-corrected chi connectivity index (χ3v) is 7.33. The molecule has 7 nitrogen and oxygen atoms in total. The highest BCUT2D eigenvalue weighted by Crippen LogP contribution is 2.28. The molecule has 0 unspecified atom stereocenters. The Morgan fingerprint density at radius 2 is 1.65 bits per heavy atom. The second-order valence-electron chi connectivity index (χ2n) is 7.09. The summed E-state index contributed by atoms with van der Waals surface area (Å²) in [4.78, 5) is 23.6. The Balaban J connectivity index is 1.92. The molecular weight excluding hydrogens is 452 g/mol. The summed E-state index contributed by atoms with van der Waals surface area (Å²) < 4.78 is 55.1. The molecule has 166 valence electrons. The van der Waals surface area contributed by atoms with Crippen molar-refractivity contribution in [2.45, 2.75) is 30.6 Å². The predicted octanol–water partition coefficient (Wildman–Crippen LogP) is 3.53. The number of primary amides is 1. The number of sulfonamides is 1. The van der Waals surface area contributed by atoms with Crippen molar-refractivity contribution in [2.24, 2.45) is 5.73 Å². The van der Waals surface area contributed by atoms with Crippen molar-refractivity contribution in [3.8, 4) is 0 Å². The van der Waals surface area contributed by atoms with Crippen LogP contribution >= 0.6 is 11.6 Å². The minimum atomic E-state index is -3.94. The molecule has 0 saturated carbocycles. The van der Waals surface area contributed by atoms with Crippen LogP contribution in [0.4, 0.5) is 14.5 Å². The van der Waals surface area contributed by atoms with Gasteiger partial charge in [-0.15, -0.1) is 0 Å². The number of carbonyl (C=O) groups excluding carboxylic acids is 2. The highest BCUT2D eigenvalue weighted by Gasteiger charge is 2.28. The van der Waals surface area contributed by atoms with Crippen molar-refractivity contribution in [2.75, 3.05) is 18.4 Å². The smallest absolute Gasteiger partial charge is 0.255 e. The lowest BCUT2D eigenvalue weighted by molar-refractivity contribution is 0.0992. The van der Waals surface area contributed by atoms with Crippen LogP contribution in [0.1, 0.15) is 46.4 Å². The normalized spacial score (nSPS) is 15.3. The van der Waals surface area contributed by atoms with Crippen molar-refractivity contribution in [1.29, 1.82) is 0 Å². The van der Waals surface area contributed by atoms with E-state index >= 15 is 0 Å². The van der Waals surface area contributed by atoms with E-state index in [9.17, 15) is 26.8 Å². The number of nitrogens with one attached hydrogen (secondary N) is 1. The molecule has 0 aliphatic carbocycles. The molecule has 0 bridgehead atoms. The molecular formula is C20H20ClF2N3O4S. The molecule has 31 heavy (non-hydrogen) atoms. The SMILES string of the molecule is NC(=O)c1cc(NC(=O)c2ccc(Cl)c(S(=O)(=O)N3CCCCCC3)c2)c(F)cc1F. The largest absolute Gasteiger partial charge is 0.366 e. The van der Waals surface area contributed by atoms with Crippen LogP contribution in [0.2, 0.25) is 5.02 Å². The number of hydrogen-bond donors (Lipinski definition) is 2. The Hall–Kier alpha value is -2.56. The maximum Gasteiger partial charge on any atom is 0.255 e. The summed E-state index contributed by atoms with van der Waals surface area (Å²) in [5.41, 5.74) is 3.85. The van der Waals surface area contributed by atoms with Gasteiger partial charge < -0.3 is 11.1 Å². The first-order valence-electron chi connectivity index (χ1n) is 9.51. The number of rotatable bonds is 5. The van der Waals surface area contributed by atoms with E-state index in [0.717, 1.165) is 37.8 Å². The molecule has 1 saturated heterocycles. The molecule has 0 atom stereocenters. The fourth-order valence-electron chi connectivity index (χ4n) is 3.29. The van der Waals surface area contributed by atoms with Gasteiger partial charge in [-0.1, -0.05) is 24.4 Å². The number of nitrogens with zero attached hydrogens (tertiary/aromatic N) is 1. The van der Waals surface area contributed by atoms with Crippen LogP contribution in [-0.2, 0) is 10.0 Å². The van der Waals surface area contributed by atoms with Gasteiger partial charge in [-0.25, -0.2) is 17.2 Å². The number of nitrogens with two attached hydrogens (primary N) is 1. The standard InChI is InChI=1S/C20H20ClF2N3O4S/c21-14-6-5-12(9-18(14)31(29,30)26-7-3-1-2-4-8-26)20(28)25-17-10-13(19(24)27)15(22)11-16(17)23/h5-6,9-11H,1-4,7-8H2,(H2,24,27)(H,25,28). The maximum atomic E-state index is 14.1. The number of anilines is 1. The molecule has 1 aliphatic heterocycles. The molecule has 0 spiro atoms. The van der Waals surface area contributed by atoms with Crippen molar-refractivity contribution in [1.82, 2.24) is 4.31 Å². The van der Waals surface area contributed by atoms with Gasteiger partial charge >= 0.3 is 0 Å². The van der Waals surface area contributed by atoms with Gasteiger partial charge in [0.25, 0.3) is 11.8 Å². The van der Waals surface area contributed by atoms with Crippen molar-refractivity contribution >= 4 is 39.1 Å². The molecule has 2 aromatic carbocycles. The third-order valence-electron chi connectivity index (χ3n) is 4.95. The average molecular weight is 472 g/mol. The average Bonchev–Trinajstić information content (AvgIpc) is 3.00. The Morgan fingerprint density at radius 3 is 2.26 bits per heavy atom. The molecule has 2 amide bonds. The number of benzene rings is 2. The number of halogens is 3. The van der Waals surface area contributed by atoms with Gasteiger partial charge in [-0.05, 0) is 37.1 Å². The van der Waals surface area contributed by atoms with E-state index < -0.39 is 44.7 Å². The van der Waals surface area contributed by atoms with E-state index in [0.29, 0.717) is 19.2 Å². The van der Waals surface area contributed by atoms with Crippen LogP contribution in [0.15, 0.2) is 35.2 Å². The number of hydrogen-bond acceptors (Lipinski definition) is 4. The summed E-state index contributed by atoms with van der Waals surface area (Å²) >= 11 is 6.11. The van der Waals surface area contributed by atoms with Crippen molar-refractivity contribution in [3.63, 3.8) is 0 Å². The predicted molar refractivity (Wildman–Crippen MR) is 112 cm³/mol. The molecule has 1 aliphatic rings. The topological polar surface area (TPSA) is 110 Å². The van der Waals surface area contributed by atoms with E-state index in [1.807, 2.05) is 0 Å². The van der Waals surface area contributed by atoms with E-state index in [2.05, 4.69) is 5.32 Å². The first-order valence-corrected chi connectivity index (χ1v) is 11.3. The van der Waals surface area contributed by atoms with Crippen LogP contribution in [-0.4, -0.2) is 37.6 Å². The van der Waals surface area contributed by atoms with Crippen LogP contribution < -0.4 is 11.1 Å². The zero-order valence-electron chi connectivity index (χ0n) is 16.3. The Morgan fingerprint density at radius 1 is 1.00 bits per heavy atom. The first kappa shape index (κ1) is 23.1. The molecule has 1 heterocycles. The fraction of sp³-hybridized carbons (Fsp3) is 0.300. The Kier molecular flexibility index (Phi) is 6.93. The fourth-order valence-corrected chi connectivity index (χ4v) is 5.31. The van der Waals surface area contributed by atoms with Crippen molar-refractivity contribution in [3.05, 3.63) is 58.1 Å². The summed E-state index contributed by atoms with van der Waals surface area (Å²) in [6, 6.07) is 4.84. The first-order chi connectivity index (χ1) is 14.6. The summed E-state index contributed by atoms with van der Waals surface area (Å²) in [5, 5.41) is 2.15. The van der Waals surface area contributed by atoms with Gasteiger partial charge in [0.2, 0.25) is 10.0 Å². The molecule has 11 heteroatoms. The Bertz CT molecular complexity index is 1130. The third kappa shape index (κ3) is 5.03. The molecule has 3 rings (SSSR count). The van der Waals surface area contributed by atoms with Gasteiger partial charge in [-0.2, -0.15) is 4.31 Å². The minimum Gasteiger partial charge on any atom is -0.366 e. The van der Waals surface area contributed by atoms with Gasteiger partial charge in [0.15, 0.2) is 0 Å². The molecule has 0 radical (unpaired) electrons. The van der Waals surface area contributed by atoms with Gasteiger partial charge in [0.05, 0.1) is 16.3 Å². The highest BCUT2D eigenvalue weighted by atomic mass is 35.5. The lowest BCUT2D eigenvalue weighted by atomic mass is 10.1. The zero-order chi connectivity index (χ0) is 22.8. The van der Waals surface area contributed by atoms with Gasteiger partial charge in [-0.3, -0.25) is 9.59 Å². The second kappa shape index (κ2) is 9.29. The van der Waals surface area contributed by atoms with E-state index in [4.69, 9.17) is 17.3 Å². The lowest BCUT2D eigenvalue weighted by Crippen LogP contribution is -2.32. The number of amides is 2. The maximum absolute atomic E-state index is 14.1. The minimum absolute atomic E-state index is 0.0511. The molecule has 0 aromatic heterocycles. The summed E-state index contributed by atoms with van der Waals surface area (Å²) in [6.45, 7) is 0.706. The van der Waals surface area contributed by atoms with E-state index in [1.54, 1.807) is 0 Å². The van der Waals surface area contributed by atoms with Crippen LogP contribution in [0, 0.1) is 11.6 Å². The Labute approximate surface area is 183 Å². The van der Waals surface area contributed by atoms with Gasteiger partial charge in [0.1, 0.15) is 16.5 Å². The molecule has 3 N–H and O–H groups in total. The monoisotopic (exact) mass is 471 g/mol. The zero-order valence-corrected chi connectivity index (χ0v) is 17.9. The van der Waals surface area contributed by atoms with Crippen molar-refractivity contribution < 1.29 is 26.8 Å². The van der Waals surface area contributed by atoms with Crippen LogP contribution in [0.25, 0.3) is 0 Å². The second-order valence-corrected chi connectivity index (χ2v) is 9.41. The molecule has 2 aromatic rings. The number of carbonyl (C=O) groups is 2. The lowest BCUT2D eigenvalue weighted by Gasteiger charge is -2.21. The summed E-state index contributed by atoms with van der Waals surface area (Å²) in [6.07, 6.45) is 3.31. The summed E-state index contributed by atoms with van der Waals surface area (Å²) in [5.74, 6) is -4.29. The molecule has 1 fully saturated rings.